The van der Waals surface area contributed by atoms with E-state index in [-0.39, 0.29) is 16.0 Å². The van der Waals surface area contributed by atoms with Crippen LogP contribution in [0.4, 0.5) is 8.78 Å². The minimum Gasteiger partial charge on any atom is -0.302 e. The molecule has 1 aliphatic heterocycles. The highest BCUT2D eigenvalue weighted by molar-refractivity contribution is 7.93. The molecule has 23 heavy (non-hydrogen) atoms. The van der Waals surface area contributed by atoms with Crippen LogP contribution in [0.15, 0.2) is 34.1 Å². The summed E-state index contributed by atoms with van der Waals surface area (Å²) in [5.74, 6) is -0.930. The molecule has 0 atom stereocenters. The van der Waals surface area contributed by atoms with E-state index >= 15 is 0 Å². The summed E-state index contributed by atoms with van der Waals surface area (Å²) in [6.07, 6.45) is 1.97. The van der Waals surface area contributed by atoms with Crippen LogP contribution in [-0.4, -0.2) is 43.7 Å². The van der Waals surface area contributed by atoms with Gasteiger partial charge in [-0.05, 0) is 24.0 Å². The molecule has 0 N–H and O–H groups in total. The van der Waals surface area contributed by atoms with Gasteiger partial charge in [0, 0.05) is 37.3 Å². The number of halogens is 2. The first kappa shape index (κ1) is 16.5. The third-order valence-electron chi connectivity index (χ3n) is 3.88. The minimum absolute atomic E-state index is 0.0852. The lowest BCUT2D eigenvalue weighted by molar-refractivity contribution is 0.116. The molecule has 0 saturated carbocycles. The van der Waals surface area contributed by atoms with E-state index in [1.165, 1.54) is 18.3 Å². The Bertz CT molecular complexity index is 773. The van der Waals surface area contributed by atoms with Crippen LogP contribution >= 0.6 is 11.3 Å². The molecule has 3 rings (SSSR count). The van der Waals surface area contributed by atoms with Gasteiger partial charge in [-0.25, -0.2) is 22.2 Å². The largest absolute Gasteiger partial charge is 0.302 e. The summed E-state index contributed by atoms with van der Waals surface area (Å²) in [7, 11) is -3.30. The number of thiazole rings is 1. The van der Waals surface area contributed by atoms with Crippen molar-refractivity contribution in [2.24, 2.45) is 5.92 Å². The third kappa shape index (κ3) is 3.94. The lowest BCUT2D eigenvalue weighted by Gasteiger charge is -2.39. The van der Waals surface area contributed by atoms with E-state index < -0.39 is 21.5 Å². The predicted molar refractivity (Wildman–Crippen MR) is 84.2 cm³/mol. The molecule has 124 valence electrons. The topological polar surface area (TPSA) is 50.3 Å². The van der Waals surface area contributed by atoms with E-state index in [1.54, 1.807) is 5.38 Å². The smallest absolute Gasteiger partial charge is 0.209 e. The zero-order chi connectivity index (χ0) is 16.4. The Labute approximate surface area is 137 Å². The molecule has 1 saturated heterocycles. The van der Waals surface area contributed by atoms with Crippen LogP contribution < -0.4 is 0 Å². The zero-order valence-electron chi connectivity index (χ0n) is 12.3. The average Bonchev–Trinajstić information content (AvgIpc) is 2.97. The van der Waals surface area contributed by atoms with E-state index in [0.717, 1.165) is 17.4 Å². The molecule has 2 heterocycles. The van der Waals surface area contributed by atoms with Gasteiger partial charge in [0.05, 0.1) is 5.75 Å². The second-order valence-corrected chi connectivity index (χ2v) is 8.79. The molecule has 0 spiro atoms. The number of sulfone groups is 1. The fourth-order valence-electron chi connectivity index (χ4n) is 2.71. The molecule has 0 amide bonds. The normalized spacial score (nSPS) is 16.4. The summed E-state index contributed by atoms with van der Waals surface area (Å²) in [5.41, 5.74) is 0.477. The van der Waals surface area contributed by atoms with E-state index in [1.807, 2.05) is 0 Å². The van der Waals surface area contributed by atoms with Crippen LogP contribution in [0.5, 0.6) is 0 Å². The summed E-state index contributed by atoms with van der Waals surface area (Å²) in [5, 5.41) is 1.65. The second-order valence-electron chi connectivity index (χ2n) is 5.69. The number of rotatable bonds is 6. The Hall–Kier alpha value is -1.38. The monoisotopic (exact) mass is 358 g/mol. The van der Waals surface area contributed by atoms with E-state index in [0.29, 0.717) is 31.6 Å². The van der Waals surface area contributed by atoms with Gasteiger partial charge < -0.3 is 4.90 Å². The first-order valence-corrected chi connectivity index (χ1v) is 9.76. The maximum Gasteiger partial charge on any atom is 0.209 e. The summed E-state index contributed by atoms with van der Waals surface area (Å²) >= 11 is 1.13. The first-order valence-electron chi connectivity index (χ1n) is 7.22. The lowest BCUT2D eigenvalue weighted by Crippen LogP contribution is -2.50. The average molecular weight is 358 g/mol. The number of benzene rings is 1. The molecule has 2 aromatic rings. The highest BCUT2D eigenvalue weighted by Crippen LogP contribution is 2.23. The van der Waals surface area contributed by atoms with Crippen molar-refractivity contribution in [1.82, 2.24) is 9.88 Å². The van der Waals surface area contributed by atoms with E-state index in [4.69, 9.17) is 0 Å². The Morgan fingerprint density at radius 3 is 2.74 bits per heavy atom. The van der Waals surface area contributed by atoms with Gasteiger partial charge in [-0.1, -0.05) is 6.07 Å². The van der Waals surface area contributed by atoms with Crippen LogP contribution in [0.3, 0.4) is 0 Å². The Kier molecular flexibility index (Phi) is 4.74. The molecule has 0 aliphatic carbocycles. The molecular weight excluding hydrogens is 342 g/mol. The standard InChI is InChI=1S/C15H16F2N2O2S2/c16-13-2-1-12(14(17)7-13)3-5-19-8-11(9-19)10-23(20,21)15-18-4-6-22-15/h1-2,4,6-7,11H,3,5,8-10H2. The third-order valence-corrected chi connectivity index (χ3v) is 7.04. The van der Waals surface area contributed by atoms with Gasteiger partial charge in [0.2, 0.25) is 14.2 Å². The van der Waals surface area contributed by atoms with Crippen molar-refractivity contribution in [1.29, 1.82) is 0 Å². The molecule has 1 aromatic heterocycles. The van der Waals surface area contributed by atoms with Crippen molar-refractivity contribution < 1.29 is 17.2 Å². The van der Waals surface area contributed by atoms with Crippen LogP contribution in [0.1, 0.15) is 5.56 Å². The Balaban J connectivity index is 1.46. The summed E-state index contributed by atoms with van der Waals surface area (Å²) in [6.45, 7) is 1.98. The molecule has 1 aromatic carbocycles. The fourth-order valence-corrected chi connectivity index (χ4v) is 5.23. The molecule has 0 radical (unpaired) electrons. The highest BCUT2D eigenvalue weighted by atomic mass is 32.2. The zero-order valence-corrected chi connectivity index (χ0v) is 13.9. The fraction of sp³-hybridized carbons (Fsp3) is 0.400. The minimum atomic E-state index is -3.30. The van der Waals surface area contributed by atoms with Gasteiger partial charge in [-0.3, -0.25) is 0 Å². The summed E-state index contributed by atoms with van der Waals surface area (Å²) < 4.78 is 50.8. The first-order chi connectivity index (χ1) is 10.9. The highest BCUT2D eigenvalue weighted by Gasteiger charge is 2.32. The van der Waals surface area contributed by atoms with Gasteiger partial charge >= 0.3 is 0 Å². The van der Waals surface area contributed by atoms with Crippen molar-refractivity contribution in [3.05, 3.63) is 47.0 Å². The summed E-state index contributed by atoms with van der Waals surface area (Å²) in [6, 6.07) is 3.58. The predicted octanol–water partition coefficient (Wildman–Crippen LogP) is 2.37. The van der Waals surface area contributed by atoms with E-state index in [2.05, 4.69) is 9.88 Å². The van der Waals surface area contributed by atoms with Gasteiger partial charge in [-0.15, -0.1) is 11.3 Å². The van der Waals surface area contributed by atoms with Crippen molar-refractivity contribution in [3.63, 3.8) is 0 Å². The second kappa shape index (κ2) is 6.62. The van der Waals surface area contributed by atoms with Crippen molar-refractivity contribution in [2.75, 3.05) is 25.4 Å². The molecule has 8 heteroatoms. The lowest BCUT2D eigenvalue weighted by atomic mass is 10.0. The molecule has 4 nitrogen and oxygen atoms in total. The number of hydrogen-bond acceptors (Lipinski definition) is 5. The number of nitrogens with zero attached hydrogens (tertiary/aromatic N) is 2. The van der Waals surface area contributed by atoms with Crippen molar-refractivity contribution >= 4 is 21.2 Å². The number of aromatic nitrogens is 1. The van der Waals surface area contributed by atoms with Gasteiger partial charge in [0.15, 0.2) is 0 Å². The van der Waals surface area contributed by atoms with E-state index in [9.17, 15) is 17.2 Å². The number of hydrogen-bond donors (Lipinski definition) is 0. The molecule has 1 fully saturated rings. The van der Waals surface area contributed by atoms with Crippen LogP contribution in [0.2, 0.25) is 0 Å². The maximum absolute atomic E-state index is 13.5. The maximum atomic E-state index is 13.5. The van der Waals surface area contributed by atoms with Gasteiger partial charge in [0.1, 0.15) is 11.6 Å². The molecule has 0 bridgehead atoms. The summed E-state index contributed by atoms with van der Waals surface area (Å²) in [4.78, 5) is 5.93. The molecular formula is C15H16F2N2O2S2. The quantitative estimate of drug-likeness (QED) is 0.796. The van der Waals surface area contributed by atoms with Crippen LogP contribution in [0.25, 0.3) is 0 Å². The Morgan fingerprint density at radius 1 is 1.30 bits per heavy atom. The Morgan fingerprint density at radius 2 is 2.09 bits per heavy atom. The number of likely N-dealkylation sites (tertiary alicyclic amines) is 1. The van der Waals surface area contributed by atoms with Gasteiger partial charge in [-0.2, -0.15) is 0 Å². The van der Waals surface area contributed by atoms with Crippen molar-refractivity contribution in [3.8, 4) is 0 Å². The molecule has 1 aliphatic rings. The van der Waals surface area contributed by atoms with Crippen molar-refractivity contribution in [2.45, 2.75) is 10.8 Å². The van der Waals surface area contributed by atoms with Crippen LogP contribution in [0, 0.1) is 17.6 Å². The molecule has 0 unspecified atom stereocenters. The van der Waals surface area contributed by atoms with Gasteiger partial charge in [0.25, 0.3) is 0 Å². The van der Waals surface area contributed by atoms with Crippen LogP contribution in [-0.2, 0) is 16.3 Å². The SMILES string of the molecule is O=S(=O)(CC1CN(CCc2ccc(F)cc2F)C1)c1nccs1.